The molecule has 2 atom stereocenters. The molecule has 2 saturated heterocycles. The van der Waals surface area contributed by atoms with Gasteiger partial charge in [0, 0.05) is 35.8 Å². The summed E-state index contributed by atoms with van der Waals surface area (Å²) in [6.45, 7) is 2.55. The third-order valence-corrected chi connectivity index (χ3v) is 8.81. The molecular formula is C30H31BrFN3O3. The van der Waals surface area contributed by atoms with E-state index >= 15 is 4.39 Å². The Morgan fingerprint density at radius 3 is 2.61 bits per heavy atom. The average molecular weight is 580 g/mol. The summed E-state index contributed by atoms with van der Waals surface area (Å²) in [4.78, 5) is 31.3. The summed E-state index contributed by atoms with van der Waals surface area (Å²) < 4.78 is 24.6. The molecule has 1 aliphatic carbocycles. The number of carbonyl (C=O) groups is 1. The highest BCUT2D eigenvalue weighted by Gasteiger charge is 2.40. The molecule has 2 unspecified atom stereocenters. The minimum atomic E-state index is -0.481. The maximum Gasteiger partial charge on any atom is 0.200 e. The first-order valence-corrected chi connectivity index (χ1v) is 14.0. The van der Waals surface area contributed by atoms with Crippen LogP contribution in [0.15, 0.2) is 51.9 Å². The highest BCUT2D eigenvalue weighted by molar-refractivity contribution is 9.10. The van der Waals surface area contributed by atoms with E-state index in [0.29, 0.717) is 28.9 Å². The third kappa shape index (κ3) is 4.47. The van der Waals surface area contributed by atoms with Gasteiger partial charge in [-0.15, -0.1) is 0 Å². The first-order valence-electron chi connectivity index (χ1n) is 13.2. The number of methoxy groups -OCH3 is 1. The summed E-state index contributed by atoms with van der Waals surface area (Å²) in [5.74, 6) is -0.0131. The first-order chi connectivity index (χ1) is 18.4. The first kappa shape index (κ1) is 25.3. The van der Waals surface area contributed by atoms with Gasteiger partial charge in [-0.25, -0.2) is 4.39 Å². The van der Waals surface area contributed by atoms with Gasteiger partial charge in [0.2, 0.25) is 5.43 Å². The number of benzene rings is 2. The van der Waals surface area contributed by atoms with Gasteiger partial charge in [0.1, 0.15) is 5.69 Å². The van der Waals surface area contributed by atoms with Crippen molar-refractivity contribution in [2.45, 2.75) is 37.8 Å². The Hall–Kier alpha value is -2.97. The summed E-state index contributed by atoms with van der Waals surface area (Å²) >= 11 is 3.40. The number of pyridine rings is 1. The van der Waals surface area contributed by atoms with Crippen LogP contribution in [0.5, 0.6) is 5.75 Å². The fraction of sp³-hybridized carbons (Fsp3) is 0.400. The van der Waals surface area contributed by atoms with Crippen LogP contribution in [0.2, 0.25) is 0 Å². The van der Waals surface area contributed by atoms with Crippen LogP contribution in [0.4, 0.5) is 10.1 Å². The molecule has 3 aromatic rings. The van der Waals surface area contributed by atoms with Crippen LogP contribution < -0.4 is 15.1 Å². The van der Waals surface area contributed by atoms with E-state index in [1.54, 1.807) is 12.3 Å². The summed E-state index contributed by atoms with van der Waals surface area (Å²) in [6, 6.07) is 9.39. The van der Waals surface area contributed by atoms with Crippen molar-refractivity contribution < 1.29 is 13.9 Å². The Labute approximate surface area is 229 Å². The van der Waals surface area contributed by atoms with Crippen LogP contribution in [0.3, 0.4) is 0 Å². The quantitative estimate of drug-likeness (QED) is 0.278. The lowest BCUT2D eigenvalue weighted by Gasteiger charge is -2.33. The average Bonchev–Trinajstić information content (AvgIpc) is 3.66. The van der Waals surface area contributed by atoms with Crippen molar-refractivity contribution in [1.29, 1.82) is 0 Å². The van der Waals surface area contributed by atoms with Gasteiger partial charge in [-0.05, 0) is 75.0 Å². The fourth-order valence-corrected chi connectivity index (χ4v) is 6.44. The molecule has 0 amide bonds. The van der Waals surface area contributed by atoms with E-state index in [1.807, 2.05) is 28.8 Å². The van der Waals surface area contributed by atoms with Crippen molar-refractivity contribution in [3.63, 3.8) is 0 Å². The van der Waals surface area contributed by atoms with Gasteiger partial charge in [-0.3, -0.25) is 9.59 Å². The topological polar surface area (TPSA) is 54.8 Å². The number of piperidine rings is 1. The van der Waals surface area contributed by atoms with Crippen molar-refractivity contribution in [2.75, 3.05) is 38.7 Å². The third-order valence-electron chi connectivity index (χ3n) is 8.28. The Balaban J connectivity index is 1.44. The van der Waals surface area contributed by atoms with E-state index in [0.717, 1.165) is 55.4 Å². The lowest BCUT2D eigenvalue weighted by molar-refractivity contribution is 0.104. The van der Waals surface area contributed by atoms with Crippen LogP contribution in [0.25, 0.3) is 17.0 Å². The van der Waals surface area contributed by atoms with Crippen molar-refractivity contribution in [3.05, 3.63) is 74.2 Å². The van der Waals surface area contributed by atoms with E-state index < -0.39 is 17.0 Å². The van der Waals surface area contributed by atoms with E-state index in [1.165, 1.54) is 19.3 Å². The van der Waals surface area contributed by atoms with Gasteiger partial charge < -0.3 is 19.1 Å². The number of allylic oxidation sites excluding steroid dienone is 1. The number of likely N-dealkylation sites (N-methyl/N-ethyl adjacent to an activating group) is 1. The number of anilines is 1. The summed E-state index contributed by atoms with van der Waals surface area (Å²) in [5.41, 5.74) is 1.42. The van der Waals surface area contributed by atoms with E-state index in [4.69, 9.17) is 4.74 Å². The molecule has 1 saturated carbocycles. The second-order valence-electron chi connectivity index (χ2n) is 10.8. The number of ether oxygens (including phenoxy) is 1. The molecule has 6 nitrogen and oxygen atoms in total. The molecule has 0 radical (unpaired) electrons. The Morgan fingerprint density at radius 2 is 1.92 bits per heavy atom. The molecule has 2 aliphatic heterocycles. The predicted octanol–water partition coefficient (Wildman–Crippen LogP) is 5.67. The van der Waals surface area contributed by atoms with Crippen LogP contribution in [-0.4, -0.2) is 55.1 Å². The Morgan fingerprint density at radius 1 is 1.16 bits per heavy atom. The number of nitrogens with zero attached hydrogens (tertiary/aromatic N) is 3. The molecule has 38 heavy (non-hydrogen) atoms. The Kier molecular flexibility index (Phi) is 6.64. The number of hydrogen-bond acceptors (Lipinski definition) is 5. The van der Waals surface area contributed by atoms with E-state index in [2.05, 4.69) is 32.8 Å². The number of ketones is 1. The maximum absolute atomic E-state index is 15.9. The fourth-order valence-electron chi connectivity index (χ4n) is 6.17. The number of hydrogen-bond donors (Lipinski definition) is 0. The standard InChI is InChI=1S/C30H31BrFN3O3/c1-33-13-3-4-19-15-34(17-25(19)33)28-24(32)14-22-27(30(28)38-2)35(21-10-11-21)16-23(29(22)37)26(36)12-7-18-5-8-20(31)9-6-18/h5-9,12,14,16,19,21,25H,3-4,10-11,13,15,17H2,1-2H3. The van der Waals surface area contributed by atoms with Gasteiger partial charge in [0.25, 0.3) is 0 Å². The minimum Gasteiger partial charge on any atom is -0.492 e. The summed E-state index contributed by atoms with van der Waals surface area (Å²) in [5, 5.41) is 0.187. The zero-order chi connectivity index (χ0) is 26.6. The molecule has 8 heteroatoms. The zero-order valence-corrected chi connectivity index (χ0v) is 23.2. The lowest BCUT2D eigenvalue weighted by atomic mass is 9.93. The minimum absolute atomic E-state index is 0.0424. The number of halogens is 2. The molecule has 2 aromatic carbocycles. The molecule has 0 bridgehead atoms. The highest BCUT2D eigenvalue weighted by Crippen LogP contribution is 2.45. The summed E-state index contributed by atoms with van der Waals surface area (Å²) in [7, 11) is 3.68. The van der Waals surface area contributed by atoms with Gasteiger partial charge in [0.05, 0.1) is 23.6 Å². The monoisotopic (exact) mass is 579 g/mol. The number of likely N-dealkylation sites (tertiary alicyclic amines) is 1. The molecular weight excluding hydrogens is 549 g/mol. The van der Waals surface area contributed by atoms with Crippen molar-refractivity contribution in [2.24, 2.45) is 5.92 Å². The van der Waals surface area contributed by atoms with Crippen molar-refractivity contribution in [3.8, 4) is 5.75 Å². The molecule has 3 heterocycles. The summed E-state index contributed by atoms with van der Waals surface area (Å²) in [6.07, 6.45) is 8.91. The number of carbonyl (C=O) groups excluding carboxylic acids is 1. The largest absolute Gasteiger partial charge is 0.492 e. The second kappa shape index (κ2) is 9.97. The van der Waals surface area contributed by atoms with E-state index in [9.17, 15) is 9.59 Å². The van der Waals surface area contributed by atoms with Crippen LogP contribution in [0, 0.1) is 11.7 Å². The second-order valence-corrected chi connectivity index (χ2v) is 11.7. The predicted molar refractivity (Wildman–Crippen MR) is 152 cm³/mol. The molecule has 198 valence electrons. The van der Waals surface area contributed by atoms with Crippen LogP contribution >= 0.6 is 15.9 Å². The van der Waals surface area contributed by atoms with Crippen molar-refractivity contribution >= 4 is 44.4 Å². The van der Waals surface area contributed by atoms with Gasteiger partial charge in [-0.2, -0.15) is 0 Å². The number of aromatic nitrogens is 1. The van der Waals surface area contributed by atoms with E-state index in [-0.39, 0.29) is 17.0 Å². The van der Waals surface area contributed by atoms with Gasteiger partial charge in [0.15, 0.2) is 17.3 Å². The number of fused-ring (bicyclic) bond motifs is 2. The molecule has 1 aromatic heterocycles. The van der Waals surface area contributed by atoms with Crippen molar-refractivity contribution in [1.82, 2.24) is 9.47 Å². The maximum atomic E-state index is 15.9. The normalized spacial score (nSPS) is 21.8. The SMILES string of the molecule is COc1c(N2CC3CCCN(C)C3C2)c(F)cc2c(=O)c(C(=O)C=Cc3ccc(Br)cc3)cn(C3CC3)c12. The molecule has 3 aliphatic rings. The smallest absolute Gasteiger partial charge is 0.200 e. The van der Waals surface area contributed by atoms with Gasteiger partial charge in [-0.1, -0.05) is 34.1 Å². The van der Waals surface area contributed by atoms with Gasteiger partial charge >= 0.3 is 0 Å². The van der Waals surface area contributed by atoms with Crippen LogP contribution in [-0.2, 0) is 0 Å². The van der Waals surface area contributed by atoms with Crippen LogP contribution in [0.1, 0.15) is 47.6 Å². The molecule has 3 fully saturated rings. The molecule has 0 spiro atoms. The highest BCUT2D eigenvalue weighted by atomic mass is 79.9. The lowest BCUT2D eigenvalue weighted by Crippen LogP contribution is -2.42. The number of rotatable bonds is 6. The Bertz CT molecular complexity index is 1500. The zero-order valence-electron chi connectivity index (χ0n) is 21.6. The molecule has 0 N–H and O–H groups in total. The molecule has 6 rings (SSSR count).